The van der Waals surface area contributed by atoms with Crippen LogP contribution in [0.25, 0.3) is 0 Å². The van der Waals surface area contributed by atoms with Crippen LogP contribution in [0.4, 0.5) is 0 Å². The topological polar surface area (TPSA) is 0 Å². The average molecular weight is 420 g/mol. The molecule has 0 aromatic carbocycles. The molecule has 0 fully saturated rings. The number of allylic oxidation sites excluding steroid dienone is 4. The van der Waals surface area contributed by atoms with Crippen LogP contribution in [0.5, 0.6) is 0 Å². The van der Waals surface area contributed by atoms with Crippen molar-refractivity contribution in [3.8, 4) is 0 Å². The van der Waals surface area contributed by atoms with Gasteiger partial charge in [-0.2, -0.15) is 0 Å². The van der Waals surface area contributed by atoms with Crippen molar-refractivity contribution < 1.29 is 15.3 Å². The summed E-state index contributed by atoms with van der Waals surface area (Å²) in [6.45, 7) is 17.8. The first-order chi connectivity index (χ1) is 7.24. The van der Waals surface area contributed by atoms with Crippen molar-refractivity contribution in [3.05, 3.63) is 22.2 Å². The van der Waals surface area contributed by atoms with Gasteiger partial charge in [0.25, 0.3) is 0 Å². The van der Waals surface area contributed by atoms with Gasteiger partial charge in [-0.1, -0.05) is 0 Å². The number of rotatable bonds is 4. The number of hydrogen-bond acceptors (Lipinski definition) is 0. The normalized spacial score (nSPS) is 18.4. The van der Waals surface area contributed by atoms with E-state index in [2.05, 4.69) is 65.6 Å². The minimum absolute atomic E-state index is 0.922. The van der Waals surface area contributed by atoms with Gasteiger partial charge in [0.1, 0.15) is 0 Å². The zero-order valence-electron chi connectivity index (χ0n) is 11.9. The van der Waals surface area contributed by atoms with Crippen molar-refractivity contribution in [2.75, 3.05) is 0 Å². The Morgan fingerprint density at radius 2 is 1.56 bits per heavy atom. The van der Waals surface area contributed by atoms with Gasteiger partial charge < -0.3 is 0 Å². The summed E-state index contributed by atoms with van der Waals surface area (Å²) in [5.41, 5.74) is 0. The third kappa shape index (κ3) is 2.18. The van der Waals surface area contributed by atoms with Crippen molar-refractivity contribution in [3.63, 3.8) is 0 Å². The Kier molecular flexibility index (Phi) is 4.46. The monoisotopic (exact) mass is 419 g/mol. The maximum atomic E-state index is 2.61. The van der Waals surface area contributed by atoms with Crippen LogP contribution >= 0.6 is 0 Å². The van der Waals surface area contributed by atoms with Crippen LogP contribution in [-0.2, 0) is 15.3 Å². The molecule has 0 aromatic heterocycles. The van der Waals surface area contributed by atoms with Crippen LogP contribution in [0.3, 0.4) is 0 Å². The van der Waals surface area contributed by atoms with Gasteiger partial charge in [0.2, 0.25) is 0 Å². The van der Waals surface area contributed by atoms with Crippen molar-refractivity contribution in [2.45, 2.75) is 62.4 Å². The maximum absolute atomic E-state index is 2.61. The second kappa shape index (κ2) is 4.94. The van der Waals surface area contributed by atoms with Crippen LogP contribution in [0.1, 0.15) is 34.1 Å². The van der Waals surface area contributed by atoms with Gasteiger partial charge in [-0.25, -0.2) is 0 Å². The number of hydrogen-bond donors (Lipinski definition) is 0. The zero-order valence-corrected chi connectivity index (χ0v) is 15.2. The molecule has 1 aliphatic carbocycles. The molecule has 0 atom stereocenters. The van der Waals surface area contributed by atoms with Crippen LogP contribution in [0, 0.1) is 0 Å². The summed E-state index contributed by atoms with van der Waals surface area (Å²) < 4.78 is 3.72. The molecule has 0 nitrogen and oxygen atoms in total. The molecule has 0 unspecified atom stereocenters. The van der Waals surface area contributed by atoms with E-state index in [0.717, 1.165) is 8.62 Å². The van der Waals surface area contributed by atoms with Gasteiger partial charge in [-0.3, -0.25) is 0 Å². The first-order valence-corrected chi connectivity index (χ1v) is 16.7. The van der Waals surface area contributed by atoms with E-state index in [-0.39, 0.29) is 0 Å². The van der Waals surface area contributed by atoms with E-state index in [1.165, 1.54) is 6.42 Å². The van der Waals surface area contributed by atoms with E-state index in [1.54, 1.807) is 0 Å². The second-order valence-electron chi connectivity index (χ2n) is 5.62. The van der Waals surface area contributed by atoms with Crippen LogP contribution < -0.4 is 0 Å². The van der Waals surface area contributed by atoms with Crippen molar-refractivity contribution in [2.24, 2.45) is 0 Å². The summed E-state index contributed by atoms with van der Waals surface area (Å²) in [5.74, 6) is 0. The summed E-state index contributed by atoms with van der Waals surface area (Å²) in [6, 6.07) is -1.06. The Hall–Kier alpha value is 0.385. The SMILES string of the molecule is C[CH](C)[Pt]([C]1=CC=CC1)([CH](C)C)[Si](C)(C)C. The van der Waals surface area contributed by atoms with Crippen LogP contribution in [-0.4, -0.2) is 6.05 Å². The molecule has 0 N–H and O–H groups in total. The van der Waals surface area contributed by atoms with Crippen molar-refractivity contribution >= 4 is 6.05 Å². The summed E-state index contributed by atoms with van der Waals surface area (Å²) >= 11 is -1.80. The van der Waals surface area contributed by atoms with E-state index in [9.17, 15) is 0 Å². The fraction of sp³-hybridized carbons (Fsp3) is 0.714. The molecule has 0 amide bonds. The minimum atomic E-state index is -1.80. The Labute approximate surface area is 106 Å². The van der Waals surface area contributed by atoms with E-state index in [0.29, 0.717) is 0 Å². The molecule has 0 spiro atoms. The van der Waals surface area contributed by atoms with E-state index in [4.69, 9.17) is 0 Å². The summed E-state index contributed by atoms with van der Waals surface area (Å²) in [6.07, 6.45) is 8.38. The molecule has 98 valence electrons. The molecule has 0 heterocycles. The Balaban J connectivity index is 3.29. The second-order valence-corrected chi connectivity index (χ2v) is 34.7. The molecule has 1 aliphatic rings. The summed E-state index contributed by atoms with van der Waals surface area (Å²) in [5, 5.41) is 0. The first-order valence-electron chi connectivity index (χ1n) is 6.21. The van der Waals surface area contributed by atoms with Crippen LogP contribution in [0.2, 0.25) is 28.3 Å². The third-order valence-electron chi connectivity index (χ3n) is 2.98. The van der Waals surface area contributed by atoms with Gasteiger partial charge in [-0.15, -0.1) is 0 Å². The predicted octanol–water partition coefficient (Wildman–Crippen LogP) is 5.48. The van der Waals surface area contributed by atoms with Crippen molar-refractivity contribution in [1.82, 2.24) is 0 Å². The Morgan fingerprint density at radius 1 is 1.06 bits per heavy atom. The van der Waals surface area contributed by atoms with E-state index >= 15 is 0 Å². The third-order valence-corrected chi connectivity index (χ3v) is 40.6. The molecule has 0 radical (unpaired) electrons. The molecule has 0 bridgehead atoms. The van der Waals surface area contributed by atoms with Crippen molar-refractivity contribution in [1.29, 1.82) is 0 Å². The molecular weight excluding hydrogens is 391 g/mol. The zero-order chi connectivity index (χ0) is 12.6. The van der Waals surface area contributed by atoms with Gasteiger partial charge >= 0.3 is 106 Å². The fourth-order valence-corrected chi connectivity index (χ4v) is 45.1. The van der Waals surface area contributed by atoms with Gasteiger partial charge in [0.05, 0.1) is 0 Å². The molecule has 0 aliphatic heterocycles. The fourth-order valence-electron chi connectivity index (χ4n) is 2.89. The molecule has 0 saturated heterocycles. The van der Waals surface area contributed by atoms with E-state index in [1.807, 2.05) is 3.96 Å². The van der Waals surface area contributed by atoms with Gasteiger partial charge in [0.15, 0.2) is 0 Å². The molecule has 2 heteroatoms. The van der Waals surface area contributed by atoms with Crippen LogP contribution in [0.15, 0.2) is 22.2 Å². The molecule has 0 saturated carbocycles. The van der Waals surface area contributed by atoms with Gasteiger partial charge in [-0.05, 0) is 0 Å². The Bertz CT molecular complexity index is 297. The van der Waals surface area contributed by atoms with Gasteiger partial charge in [0, 0.05) is 0 Å². The molecular formula is C14H28PtSi. The quantitative estimate of drug-likeness (QED) is 0.530. The molecule has 1 rings (SSSR count). The average Bonchev–Trinajstić information content (AvgIpc) is 2.53. The molecule has 16 heavy (non-hydrogen) atoms. The molecule has 0 aromatic rings. The summed E-state index contributed by atoms with van der Waals surface area (Å²) in [4.78, 5) is 0. The first kappa shape index (κ1) is 14.4. The predicted molar refractivity (Wildman–Crippen MR) is 75.4 cm³/mol. The summed E-state index contributed by atoms with van der Waals surface area (Å²) in [7, 11) is 0. The standard InChI is InChI=1S/C5H5.C3H9Si.2C3H7.Pt/c1-2-4-5-3-1;1-4(2)3;2*1-3-2;/h1-3H,4H2;1-3H3;2*3H,1-2H3;. The van der Waals surface area contributed by atoms with E-state index < -0.39 is 21.4 Å². The Morgan fingerprint density at radius 3 is 1.81 bits per heavy atom.